The smallest absolute Gasteiger partial charge is 0.872 e. The van der Waals surface area contributed by atoms with Crippen LogP contribution in [-0.2, 0) is 16.5 Å². The summed E-state index contributed by atoms with van der Waals surface area (Å²) >= 11 is 14.4. The number of aliphatic hydroxyl groups is 1. The van der Waals surface area contributed by atoms with Gasteiger partial charge in [0.1, 0.15) is 0 Å². The second kappa shape index (κ2) is 17.2. The van der Waals surface area contributed by atoms with Crippen LogP contribution >= 0.6 is 34.8 Å². The minimum Gasteiger partial charge on any atom is -0.872 e. The molecule has 5 nitrogen and oxygen atoms in total. The van der Waals surface area contributed by atoms with Gasteiger partial charge in [0.15, 0.2) is 4.30 Å². The Morgan fingerprint density at radius 1 is 0.727 bits per heavy atom. The minimum absolute atomic E-state index is 0. The molecule has 0 spiro atoms. The van der Waals surface area contributed by atoms with E-state index in [1.807, 2.05) is 53.7 Å². The number of alkyl halides is 3. The van der Waals surface area contributed by atoms with Crippen LogP contribution in [0.4, 0.5) is 0 Å². The van der Waals surface area contributed by atoms with Crippen molar-refractivity contribution in [1.29, 1.82) is 0 Å². The molecule has 0 heterocycles. The average molecular weight is 561 g/mol. The number of hydrogen-bond donors (Lipinski definition) is 1. The first-order chi connectivity index (χ1) is 14.9. The maximum Gasteiger partial charge on any atom is 2.00 e. The predicted molar refractivity (Wildman–Crippen MR) is 134 cm³/mol. The number of benzene rings is 2. The van der Waals surface area contributed by atoms with E-state index in [1.54, 1.807) is 12.1 Å². The summed E-state index contributed by atoms with van der Waals surface area (Å²) in [6.45, 7) is 12.5. The molecule has 0 aliphatic heterocycles. The summed E-state index contributed by atoms with van der Waals surface area (Å²) in [6.07, 6.45) is 0. The molecule has 0 saturated heterocycles. The molecular formula is C24H31Cl3N2NiO3. The molecule has 0 amide bonds. The number of aryl methyl sites for hydroxylation is 4. The Morgan fingerprint density at radius 2 is 0.970 bits per heavy atom. The van der Waals surface area contributed by atoms with Gasteiger partial charge < -0.3 is 15.3 Å². The summed E-state index contributed by atoms with van der Waals surface area (Å²) < 4.78 is -0.750. The van der Waals surface area contributed by atoms with Crippen molar-refractivity contribution in [3.05, 3.63) is 57.6 Å². The van der Waals surface area contributed by atoms with Crippen molar-refractivity contribution in [2.24, 2.45) is 9.98 Å². The molecule has 2 aromatic rings. The Labute approximate surface area is 222 Å². The first-order valence-electron chi connectivity index (χ1n) is 9.90. The molecular weight excluding hydrogens is 529 g/mol. The number of nitrogens with zero attached hydrogens (tertiary/aromatic N) is 2. The quantitative estimate of drug-likeness (QED) is 0.242. The third-order valence-corrected chi connectivity index (χ3v) is 4.77. The van der Waals surface area contributed by atoms with E-state index < -0.39 is 4.30 Å². The summed E-state index contributed by atoms with van der Waals surface area (Å²) in [5, 5.41) is 31.2. The van der Waals surface area contributed by atoms with Crippen molar-refractivity contribution in [2.75, 3.05) is 20.2 Å². The third kappa shape index (κ3) is 12.1. The zero-order valence-electron chi connectivity index (χ0n) is 19.9. The standard InChI is InChI=1S/C22H28N2O2.CHCl3.CH4O.Ni/c1-13-9-19(21(25)11-15(13)3)17(5)23-7-8-24-18(6)20-10-14(2)16(4)12-22(20)26;2-1(3)4;1-2;/h9-12,25-26H,7-8H2,1-6H3;1H;2H,1H3;/q;;;+2/p-2. The molecule has 0 saturated carbocycles. The Kier molecular flexibility index (Phi) is 17.6. The van der Waals surface area contributed by atoms with E-state index in [-0.39, 0.29) is 28.0 Å². The van der Waals surface area contributed by atoms with E-state index >= 15 is 0 Å². The summed E-state index contributed by atoms with van der Waals surface area (Å²) in [7, 11) is 1.00. The van der Waals surface area contributed by atoms with Crippen molar-refractivity contribution in [3.8, 4) is 11.5 Å². The van der Waals surface area contributed by atoms with Gasteiger partial charge in [-0.1, -0.05) is 70.6 Å². The topological polar surface area (TPSA) is 91.1 Å². The Balaban J connectivity index is 0. The fourth-order valence-electron chi connectivity index (χ4n) is 2.75. The van der Waals surface area contributed by atoms with Gasteiger partial charge in [0.25, 0.3) is 0 Å². The van der Waals surface area contributed by atoms with Crippen LogP contribution in [0.5, 0.6) is 11.5 Å². The largest absolute Gasteiger partial charge is 2.00 e. The first kappa shape index (κ1) is 33.9. The van der Waals surface area contributed by atoms with Crippen molar-refractivity contribution in [3.63, 3.8) is 0 Å². The van der Waals surface area contributed by atoms with Crippen LogP contribution in [0.25, 0.3) is 0 Å². The molecule has 0 atom stereocenters. The van der Waals surface area contributed by atoms with Crippen molar-refractivity contribution in [1.82, 2.24) is 0 Å². The molecule has 0 radical (unpaired) electrons. The van der Waals surface area contributed by atoms with Gasteiger partial charge in [-0.25, -0.2) is 0 Å². The van der Waals surface area contributed by atoms with Crippen LogP contribution in [0.2, 0.25) is 0 Å². The van der Waals surface area contributed by atoms with E-state index in [0.29, 0.717) is 24.2 Å². The fourth-order valence-corrected chi connectivity index (χ4v) is 2.75. The molecule has 0 fully saturated rings. The van der Waals surface area contributed by atoms with E-state index in [9.17, 15) is 10.2 Å². The van der Waals surface area contributed by atoms with Crippen molar-refractivity contribution < 1.29 is 31.8 Å². The average Bonchev–Trinajstić information content (AvgIpc) is 2.71. The van der Waals surface area contributed by atoms with Crippen LogP contribution < -0.4 is 10.2 Å². The third-order valence-electron chi connectivity index (χ3n) is 4.77. The summed E-state index contributed by atoms with van der Waals surface area (Å²) in [6, 6.07) is 7.09. The Hall–Kier alpha value is -1.30. The summed E-state index contributed by atoms with van der Waals surface area (Å²) in [4.78, 5) is 8.95. The zero-order chi connectivity index (χ0) is 25.0. The Morgan fingerprint density at radius 3 is 1.24 bits per heavy atom. The number of rotatable bonds is 5. The van der Waals surface area contributed by atoms with E-state index in [4.69, 9.17) is 39.9 Å². The van der Waals surface area contributed by atoms with Crippen LogP contribution in [-0.4, -0.2) is 41.0 Å². The molecule has 2 rings (SSSR count). The van der Waals surface area contributed by atoms with Crippen molar-refractivity contribution >= 4 is 46.2 Å². The van der Waals surface area contributed by atoms with Gasteiger partial charge in [0.2, 0.25) is 0 Å². The molecule has 2 aromatic carbocycles. The maximum atomic E-state index is 12.1. The molecule has 33 heavy (non-hydrogen) atoms. The van der Waals surface area contributed by atoms with Gasteiger partial charge in [-0.2, -0.15) is 0 Å². The molecule has 0 unspecified atom stereocenters. The molecule has 0 aliphatic rings. The summed E-state index contributed by atoms with van der Waals surface area (Å²) in [5.74, 6) is 0.000295. The number of aliphatic imine (C=N–C) groups is 2. The molecule has 1 N–H and O–H groups in total. The molecule has 9 heteroatoms. The first-order valence-corrected chi connectivity index (χ1v) is 11.2. The zero-order valence-corrected chi connectivity index (χ0v) is 23.2. The van der Waals surface area contributed by atoms with Gasteiger partial charge >= 0.3 is 16.5 Å². The van der Waals surface area contributed by atoms with Crippen LogP contribution in [0.3, 0.4) is 0 Å². The summed E-state index contributed by atoms with van der Waals surface area (Å²) in [5.41, 5.74) is 6.89. The number of halogens is 3. The van der Waals surface area contributed by atoms with Crippen LogP contribution in [0.15, 0.2) is 34.3 Å². The van der Waals surface area contributed by atoms with Gasteiger partial charge in [-0.05, 0) is 74.9 Å². The SMILES string of the molecule is CC(=NCCN=C(C)c1cc(C)c(C)cc1[O-])c1cc(C)c(C)cc1[O-].CO.ClC(Cl)Cl.[Ni+2]. The second-order valence-electron chi connectivity index (χ2n) is 7.05. The van der Waals surface area contributed by atoms with Crippen molar-refractivity contribution in [2.45, 2.75) is 45.8 Å². The van der Waals surface area contributed by atoms with Gasteiger partial charge in [-0.15, -0.1) is 0 Å². The van der Waals surface area contributed by atoms with Gasteiger partial charge in [-0.3, -0.25) is 9.98 Å². The minimum atomic E-state index is -0.750. The molecule has 0 aliphatic carbocycles. The Bertz CT molecular complexity index is 873. The molecule has 0 aromatic heterocycles. The van der Waals surface area contributed by atoms with Crippen LogP contribution in [0, 0.1) is 27.7 Å². The van der Waals surface area contributed by atoms with Gasteiger partial charge in [0.05, 0.1) is 13.1 Å². The number of aliphatic hydroxyl groups excluding tert-OH is 1. The normalized spacial score (nSPS) is 11.2. The number of hydrogen-bond acceptors (Lipinski definition) is 5. The molecule has 186 valence electrons. The second-order valence-corrected chi connectivity index (χ2v) is 9.03. The molecule has 0 bridgehead atoms. The maximum absolute atomic E-state index is 12.1. The van der Waals surface area contributed by atoms with Gasteiger partial charge in [0, 0.05) is 18.5 Å². The van der Waals surface area contributed by atoms with E-state index in [0.717, 1.165) is 40.8 Å². The van der Waals surface area contributed by atoms with Crippen LogP contribution in [0.1, 0.15) is 47.2 Å². The van der Waals surface area contributed by atoms with E-state index in [2.05, 4.69) is 9.98 Å². The monoisotopic (exact) mass is 558 g/mol. The van der Waals surface area contributed by atoms with E-state index in [1.165, 1.54) is 0 Å². The fraction of sp³-hybridized carbons (Fsp3) is 0.417. The predicted octanol–water partition coefficient (Wildman–Crippen LogP) is 4.98.